The van der Waals surface area contributed by atoms with E-state index in [-0.39, 0.29) is 5.88 Å². The molecule has 1 rings (SSSR count). The first kappa shape index (κ1) is 17.4. The Hall–Kier alpha value is -0.630. The third-order valence-electron chi connectivity index (χ3n) is 2.58. The number of alkyl halides is 1. The zero-order chi connectivity index (χ0) is 15.2. The number of nitrogens with one attached hydrogen (secondary N) is 1. The van der Waals surface area contributed by atoms with Crippen molar-refractivity contribution in [2.24, 2.45) is 0 Å². The van der Waals surface area contributed by atoms with Crippen LogP contribution in [0.5, 0.6) is 0 Å². The largest absolute Gasteiger partial charge is 0.229 e. The van der Waals surface area contributed by atoms with E-state index < -0.39 is 37.4 Å². The summed E-state index contributed by atoms with van der Waals surface area (Å²) >= 11 is 5.77. The number of sulfone groups is 1. The van der Waals surface area contributed by atoms with Gasteiger partial charge in [-0.2, -0.15) is 0 Å². The molecule has 0 saturated heterocycles. The Morgan fingerprint density at radius 1 is 1.10 bits per heavy atom. The van der Waals surface area contributed by atoms with Crippen LogP contribution in [0.15, 0.2) is 30.3 Å². The van der Waals surface area contributed by atoms with Gasteiger partial charge < -0.3 is 0 Å². The number of hydrogen-bond donors (Lipinski definition) is 1. The minimum absolute atomic E-state index is 0.118. The first-order valence-corrected chi connectivity index (χ1v) is 10.2. The average molecular weight is 340 g/mol. The molecule has 0 aliphatic heterocycles. The van der Waals surface area contributed by atoms with Crippen molar-refractivity contribution in [1.82, 2.24) is 4.72 Å². The lowest BCUT2D eigenvalue weighted by Gasteiger charge is -2.16. The molecule has 0 fully saturated rings. The summed E-state index contributed by atoms with van der Waals surface area (Å²) in [6.45, 7) is 0. The van der Waals surface area contributed by atoms with E-state index >= 15 is 0 Å². The average Bonchev–Trinajstić information content (AvgIpc) is 2.36. The van der Waals surface area contributed by atoms with Crippen molar-refractivity contribution in [1.29, 1.82) is 0 Å². The minimum atomic E-state index is -3.66. The molecule has 1 unspecified atom stereocenters. The maximum atomic E-state index is 11.8. The molecule has 5 nitrogen and oxygen atoms in total. The summed E-state index contributed by atoms with van der Waals surface area (Å²) in [6.07, 6.45) is 1.47. The van der Waals surface area contributed by atoms with Crippen LogP contribution < -0.4 is 4.72 Å². The van der Waals surface area contributed by atoms with E-state index in [4.69, 9.17) is 11.6 Å². The molecule has 1 N–H and O–H groups in total. The molecule has 8 heteroatoms. The second-order valence-corrected chi connectivity index (χ2v) is 9.05. The second-order valence-electron chi connectivity index (χ2n) is 4.61. The highest BCUT2D eigenvalue weighted by Crippen LogP contribution is 2.06. The van der Waals surface area contributed by atoms with E-state index in [0.717, 1.165) is 11.8 Å². The lowest BCUT2D eigenvalue weighted by atomic mass is 10.1. The molecule has 0 amide bonds. The summed E-state index contributed by atoms with van der Waals surface area (Å²) in [5, 5.41) is 0. The van der Waals surface area contributed by atoms with Gasteiger partial charge in [0.2, 0.25) is 10.0 Å². The van der Waals surface area contributed by atoms with Crippen LogP contribution in [0.2, 0.25) is 0 Å². The van der Waals surface area contributed by atoms with Crippen molar-refractivity contribution in [2.75, 3.05) is 23.6 Å². The quantitative estimate of drug-likeness (QED) is 0.710. The maximum absolute atomic E-state index is 11.8. The summed E-state index contributed by atoms with van der Waals surface area (Å²) in [6, 6.07) is 8.89. The van der Waals surface area contributed by atoms with Gasteiger partial charge in [-0.1, -0.05) is 30.3 Å². The number of rotatable bonds is 8. The van der Waals surface area contributed by atoms with Crippen LogP contribution in [0.1, 0.15) is 5.56 Å². The number of sulfonamides is 1. The van der Waals surface area contributed by atoms with Crippen LogP contribution in [-0.4, -0.2) is 46.5 Å². The lowest BCUT2D eigenvalue weighted by Crippen LogP contribution is -2.40. The van der Waals surface area contributed by atoms with E-state index in [1.165, 1.54) is 0 Å². The molecule has 0 bridgehead atoms. The van der Waals surface area contributed by atoms with Gasteiger partial charge in [0.25, 0.3) is 0 Å². The normalized spacial score (nSPS) is 14.1. The van der Waals surface area contributed by atoms with Crippen molar-refractivity contribution in [3.8, 4) is 0 Å². The van der Waals surface area contributed by atoms with E-state index in [0.29, 0.717) is 6.42 Å². The monoisotopic (exact) mass is 339 g/mol. The predicted molar refractivity (Wildman–Crippen MR) is 81.3 cm³/mol. The van der Waals surface area contributed by atoms with Gasteiger partial charge in [0.05, 0.1) is 11.5 Å². The number of halogens is 1. The number of hydrogen-bond acceptors (Lipinski definition) is 4. The van der Waals surface area contributed by atoms with E-state index in [1.54, 1.807) is 0 Å². The highest BCUT2D eigenvalue weighted by Gasteiger charge is 2.19. The predicted octanol–water partition coefficient (Wildman–Crippen LogP) is 0.800. The Morgan fingerprint density at radius 2 is 1.70 bits per heavy atom. The van der Waals surface area contributed by atoms with E-state index in [2.05, 4.69) is 4.72 Å². The molecule has 114 valence electrons. The Morgan fingerprint density at radius 3 is 2.20 bits per heavy atom. The molecule has 0 radical (unpaired) electrons. The first-order chi connectivity index (χ1) is 9.22. The molecule has 1 atom stereocenters. The van der Waals surface area contributed by atoms with Gasteiger partial charge in [0.1, 0.15) is 9.84 Å². The third kappa shape index (κ3) is 7.23. The molecular formula is C12H18ClNO4S2. The van der Waals surface area contributed by atoms with Crippen LogP contribution in [-0.2, 0) is 26.3 Å². The molecule has 20 heavy (non-hydrogen) atoms. The van der Waals surface area contributed by atoms with Gasteiger partial charge in [-0.25, -0.2) is 21.6 Å². The van der Waals surface area contributed by atoms with Crippen molar-refractivity contribution in [3.05, 3.63) is 35.9 Å². The zero-order valence-electron chi connectivity index (χ0n) is 11.1. The van der Waals surface area contributed by atoms with E-state index in [9.17, 15) is 16.8 Å². The van der Waals surface area contributed by atoms with Crippen LogP contribution >= 0.6 is 11.6 Å². The topological polar surface area (TPSA) is 80.3 Å². The molecular weight excluding hydrogens is 322 g/mol. The fraction of sp³-hybridized carbons (Fsp3) is 0.500. The van der Waals surface area contributed by atoms with Crippen molar-refractivity contribution >= 4 is 31.5 Å². The SMILES string of the molecule is CS(=O)(=O)CCS(=O)(=O)NC(CCl)Cc1ccccc1. The summed E-state index contributed by atoms with van der Waals surface area (Å²) in [4.78, 5) is 0. The van der Waals surface area contributed by atoms with Crippen LogP contribution in [0.25, 0.3) is 0 Å². The summed E-state index contributed by atoms with van der Waals surface area (Å²) < 4.78 is 48.1. The van der Waals surface area contributed by atoms with Crippen LogP contribution in [0, 0.1) is 0 Å². The van der Waals surface area contributed by atoms with Gasteiger partial charge in [0.15, 0.2) is 0 Å². The first-order valence-electron chi connectivity index (χ1n) is 5.99. The highest BCUT2D eigenvalue weighted by molar-refractivity contribution is 7.93. The van der Waals surface area contributed by atoms with Crippen molar-refractivity contribution < 1.29 is 16.8 Å². The van der Waals surface area contributed by atoms with Gasteiger partial charge in [-0.15, -0.1) is 11.6 Å². The zero-order valence-corrected chi connectivity index (χ0v) is 13.5. The molecule has 0 aliphatic carbocycles. The lowest BCUT2D eigenvalue weighted by molar-refractivity contribution is 0.560. The van der Waals surface area contributed by atoms with Gasteiger partial charge >= 0.3 is 0 Å². The number of benzene rings is 1. The molecule has 0 aromatic heterocycles. The Kier molecular flexibility index (Phi) is 6.44. The molecule has 0 saturated carbocycles. The summed E-state index contributed by atoms with van der Waals surface area (Å²) in [7, 11) is -6.97. The van der Waals surface area contributed by atoms with Gasteiger partial charge in [-0.3, -0.25) is 0 Å². The smallest absolute Gasteiger partial charge is 0.212 e. The van der Waals surface area contributed by atoms with E-state index in [1.807, 2.05) is 30.3 Å². The van der Waals surface area contributed by atoms with Crippen LogP contribution in [0.3, 0.4) is 0 Å². The summed E-state index contributed by atoms with van der Waals surface area (Å²) in [5.41, 5.74) is 0.962. The van der Waals surface area contributed by atoms with Crippen molar-refractivity contribution in [3.63, 3.8) is 0 Å². The molecule has 0 aliphatic rings. The molecule has 1 aromatic carbocycles. The standard InChI is InChI=1S/C12H18ClNO4S2/c1-19(15,16)7-8-20(17,18)14-12(10-13)9-11-5-3-2-4-6-11/h2-6,12,14H,7-10H2,1H3. The molecule has 1 aromatic rings. The Bertz CT molecular complexity index is 614. The third-order valence-corrected chi connectivity index (χ3v) is 5.59. The Labute approximate surface area is 125 Å². The summed E-state index contributed by atoms with van der Waals surface area (Å²) in [5.74, 6) is -0.732. The highest BCUT2D eigenvalue weighted by atomic mass is 35.5. The molecule has 0 spiro atoms. The fourth-order valence-corrected chi connectivity index (χ4v) is 4.76. The second kappa shape index (κ2) is 7.40. The molecule has 0 heterocycles. The minimum Gasteiger partial charge on any atom is -0.229 e. The fourth-order valence-electron chi connectivity index (χ4n) is 1.60. The van der Waals surface area contributed by atoms with Crippen LogP contribution in [0.4, 0.5) is 0 Å². The van der Waals surface area contributed by atoms with Gasteiger partial charge in [0, 0.05) is 18.2 Å². The van der Waals surface area contributed by atoms with Gasteiger partial charge in [-0.05, 0) is 12.0 Å². The maximum Gasteiger partial charge on any atom is 0.212 e. The Balaban J connectivity index is 2.63. The van der Waals surface area contributed by atoms with Crippen molar-refractivity contribution in [2.45, 2.75) is 12.5 Å².